The van der Waals surface area contributed by atoms with E-state index in [9.17, 15) is 19.5 Å². The Morgan fingerprint density at radius 2 is 1.70 bits per heavy atom. The predicted molar refractivity (Wildman–Crippen MR) is 173 cm³/mol. The smallest absolute Gasteiger partial charge is 0.248 e. The van der Waals surface area contributed by atoms with Crippen LogP contribution in [-0.2, 0) is 16.0 Å². The van der Waals surface area contributed by atoms with Crippen molar-refractivity contribution in [1.29, 1.82) is 0 Å². The number of hydrogen-bond donors (Lipinski definition) is 2. The van der Waals surface area contributed by atoms with Crippen LogP contribution >= 0.6 is 11.8 Å². The quantitative estimate of drug-likeness (QED) is 0.213. The van der Waals surface area contributed by atoms with Crippen LogP contribution in [0.5, 0.6) is 11.5 Å². The van der Waals surface area contributed by atoms with Gasteiger partial charge in [0.05, 0.1) is 12.4 Å². The number of nitrogens with zero attached hydrogens (tertiary/aromatic N) is 1. The molecule has 0 aromatic heterocycles. The fourth-order valence-electron chi connectivity index (χ4n) is 4.66. The molecule has 4 aromatic carbocycles. The fourth-order valence-corrected chi connectivity index (χ4v) is 6.14. The van der Waals surface area contributed by atoms with Crippen LogP contribution in [0.1, 0.15) is 62.7 Å². The van der Waals surface area contributed by atoms with Crippen molar-refractivity contribution in [3.05, 3.63) is 125 Å². The van der Waals surface area contributed by atoms with Gasteiger partial charge in [0.1, 0.15) is 11.2 Å². The number of hydrogen-bond acceptors (Lipinski definition) is 6. The van der Waals surface area contributed by atoms with E-state index in [2.05, 4.69) is 11.8 Å². The van der Waals surface area contributed by atoms with E-state index in [0.29, 0.717) is 5.69 Å². The van der Waals surface area contributed by atoms with Crippen LogP contribution in [-0.4, -0.2) is 35.1 Å². The molecule has 1 fully saturated rings. The number of anilines is 1. The highest BCUT2D eigenvalue weighted by atomic mass is 32.2. The van der Waals surface area contributed by atoms with E-state index in [1.807, 2.05) is 54.6 Å². The molecule has 8 heteroatoms. The number of aryl methyl sites for hydroxylation is 1. The highest BCUT2D eigenvalue weighted by Crippen LogP contribution is 2.47. The lowest BCUT2D eigenvalue weighted by Gasteiger charge is -2.24. The van der Waals surface area contributed by atoms with E-state index in [0.717, 1.165) is 16.7 Å². The van der Waals surface area contributed by atoms with Crippen LogP contribution in [0.3, 0.4) is 0 Å². The summed E-state index contributed by atoms with van der Waals surface area (Å²) in [6.07, 6.45) is -6.44. The Morgan fingerprint density at radius 1 is 0.977 bits per heavy atom. The number of ketones is 1. The van der Waals surface area contributed by atoms with E-state index in [-0.39, 0.29) is 29.0 Å². The lowest BCUT2D eigenvalue weighted by molar-refractivity contribution is -0.123. The fraction of sp³-hybridized carbons (Fsp3) is 0.194. The number of amides is 2. The monoisotopic (exact) mass is 608 g/mol. The van der Waals surface area contributed by atoms with Crippen molar-refractivity contribution in [2.24, 2.45) is 5.73 Å². The number of benzene rings is 4. The Balaban J connectivity index is 1.39. The van der Waals surface area contributed by atoms with Gasteiger partial charge in [0, 0.05) is 40.7 Å². The van der Waals surface area contributed by atoms with E-state index in [1.165, 1.54) is 54.1 Å². The number of methoxy groups -OCH3 is 1. The molecule has 2 atom stereocenters. The third-order valence-corrected chi connectivity index (χ3v) is 8.32. The number of phenols is 1. The number of aromatic hydroxyl groups is 1. The Morgan fingerprint density at radius 3 is 2.41 bits per heavy atom. The van der Waals surface area contributed by atoms with Gasteiger partial charge < -0.3 is 15.6 Å². The summed E-state index contributed by atoms with van der Waals surface area (Å²) in [5.74, 6) is 4.24. The lowest BCUT2D eigenvalue weighted by atomic mass is 10.0. The van der Waals surface area contributed by atoms with Crippen molar-refractivity contribution in [2.45, 2.75) is 36.2 Å². The van der Waals surface area contributed by atoms with Crippen molar-refractivity contribution < 1.29 is 29.7 Å². The van der Waals surface area contributed by atoms with Gasteiger partial charge >= 0.3 is 0 Å². The standard InChI is InChI=1S/C36H32N2O5S/c1-43-32-21-26(17-20-31(32)40)9-5-12-30(39)23-33-35(42)38(29-11-6-10-28(22-29)34(37)41)36(44-33)27-18-15-25(16-19-27)14-13-24-7-3-2-4-8-24/h2-4,6-8,10-11,15-22,33,36,40H,5,9,12,23H2,1H3,(H2,37,41)/t33-,36+/m1/s1/i5D2,9D2. The van der Waals surface area contributed by atoms with E-state index in [1.54, 1.807) is 12.1 Å². The van der Waals surface area contributed by atoms with E-state index < -0.39 is 47.4 Å². The second kappa shape index (κ2) is 14.0. The Kier molecular flexibility index (Phi) is 8.10. The average Bonchev–Trinajstić information content (AvgIpc) is 3.39. The Labute approximate surface area is 266 Å². The van der Waals surface area contributed by atoms with E-state index >= 15 is 0 Å². The van der Waals surface area contributed by atoms with Gasteiger partial charge in [0.2, 0.25) is 11.8 Å². The maximum Gasteiger partial charge on any atom is 0.248 e. The van der Waals surface area contributed by atoms with Crippen molar-refractivity contribution in [1.82, 2.24) is 0 Å². The van der Waals surface area contributed by atoms with Crippen molar-refractivity contribution >= 4 is 35.0 Å². The summed E-state index contributed by atoms with van der Waals surface area (Å²) < 4.78 is 39.2. The zero-order chi connectivity index (χ0) is 34.6. The Hall–Kier alpha value is -5.00. The summed E-state index contributed by atoms with van der Waals surface area (Å²) in [7, 11) is 1.29. The highest BCUT2D eigenvalue weighted by Gasteiger charge is 2.42. The topological polar surface area (TPSA) is 110 Å². The highest BCUT2D eigenvalue weighted by molar-refractivity contribution is 8.01. The number of nitrogens with two attached hydrogens (primary N) is 1. The van der Waals surface area contributed by atoms with Crippen molar-refractivity contribution in [3.8, 4) is 23.3 Å². The first kappa shape index (κ1) is 25.5. The van der Waals surface area contributed by atoms with Crippen LogP contribution < -0.4 is 15.4 Å². The molecule has 0 spiro atoms. The molecule has 5 rings (SSSR count). The summed E-state index contributed by atoms with van der Waals surface area (Å²) in [6, 6.07) is 26.8. The largest absolute Gasteiger partial charge is 0.504 e. The molecule has 0 unspecified atom stereocenters. The van der Waals surface area contributed by atoms with Crippen molar-refractivity contribution in [2.75, 3.05) is 12.0 Å². The second-order valence-corrected chi connectivity index (χ2v) is 11.2. The second-order valence-electron chi connectivity index (χ2n) is 9.95. The minimum absolute atomic E-state index is 0.0331. The van der Waals surface area contributed by atoms with Crippen LogP contribution in [0.25, 0.3) is 0 Å². The molecule has 1 heterocycles. The SMILES string of the molecule is [2H]C([2H])(CC(=O)C[C@H]1S[C@@H](c2ccc(C#Cc3ccccc3)cc2)N(c2cccc(C(N)=O)c2)C1=O)C([2H])([2H])c1ccc(O)c(OC)c1. The van der Waals surface area contributed by atoms with Gasteiger partial charge in [0.15, 0.2) is 11.5 Å². The maximum absolute atomic E-state index is 13.9. The first-order chi connectivity index (χ1) is 22.8. The molecular weight excluding hydrogens is 572 g/mol. The van der Waals surface area contributed by atoms with Gasteiger partial charge in [-0.2, -0.15) is 0 Å². The van der Waals surface area contributed by atoms with Gasteiger partial charge in [-0.15, -0.1) is 11.8 Å². The van der Waals surface area contributed by atoms with Gasteiger partial charge in [-0.3, -0.25) is 19.3 Å². The van der Waals surface area contributed by atoms with Crippen LogP contribution in [0, 0.1) is 11.8 Å². The third kappa shape index (κ3) is 7.31. The zero-order valence-corrected chi connectivity index (χ0v) is 24.6. The maximum atomic E-state index is 13.9. The molecule has 1 aliphatic rings. The molecule has 0 aliphatic carbocycles. The minimum atomic E-state index is -2.66. The molecule has 3 N–H and O–H groups in total. The van der Waals surface area contributed by atoms with Gasteiger partial charge in [-0.1, -0.05) is 54.3 Å². The molecule has 0 saturated carbocycles. The summed E-state index contributed by atoms with van der Waals surface area (Å²) in [4.78, 5) is 40.7. The first-order valence-corrected chi connectivity index (χ1v) is 14.7. The number of ether oxygens (including phenoxy) is 1. The van der Waals surface area contributed by atoms with Crippen molar-refractivity contribution in [3.63, 3.8) is 0 Å². The minimum Gasteiger partial charge on any atom is -0.504 e. The summed E-state index contributed by atoms with van der Waals surface area (Å²) in [5, 5.41) is 8.40. The summed E-state index contributed by atoms with van der Waals surface area (Å²) >= 11 is 1.21. The third-order valence-electron chi connectivity index (χ3n) is 6.88. The zero-order valence-electron chi connectivity index (χ0n) is 27.8. The number of carbonyl (C=O) groups excluding carboxylic acids is 3. The van der Waals surface area contributed by atoms with Crippen LogP contribution in [0.15, 0.2) is 97.1 Å². The molecule has 222 valence electrons. The molecule has 0 bridgehead atoms. The molecular formula is C36H32N2O5S. The number of thioether (sulfide) groups is 1. The van der Waals surface area contributed by atoms with Gasteiger partial charge in [-0.25, -0.2) is 0 Å². The lowest BCUT2D eigenvalue weighted by Crippen LogP contribution is -2.32. The molecule has 1 aliphatic heterocycles. The van der Waals surface area contributed by atoms with Crippen LogP contribution in [0.4, 0.5) is 5.69 Å². The summed E-state index contributed by atoms with van der Waals surface area (Å²) in [5.41, 5.74) is 8.38. The molecule has 2 amide bonds. The van der Waals surface area contributed by atoms with Crippen LogP contribution in [0.2, 0.25) is 0 Å². The molecule has 1 saturated heterocycles. The average molecular weight is 609 g/mol. The Bertz CT molecular complexity index is 1910. The van der Waals surface area contributed by atoms with E-state index in [4.69, 9.17) is 16.0 Å². The number of primary amides is 1. The molecule has 44 heavy (non-hydrogen) atoms. The number of Topliss-reactive ketones (excluding diaryl/α,β-unsaturated/α-hetero) is 1. The summed E-state index contributed by atoms with van der Waals surface area (Å²) in [6.45, 7) is 0. The first-order valence-electron chi connectivity index (χ1n) is 15.8. The normalized spacial score (nSPS) is 17.8. The number of rotatable bonds is 10. The molecule has 4 aromatic rings. The molecule has 7 nitrogen and oxygen atoms in total. The predicted octanol–water partition coefficient (Wildman–Crippen LogP) is 6.03. The van der Waals surface area contributed by atoms with Gasteiger partial charge in [0.25, 0.3) is 0 Å². The molecule has 0 radical (unpaired) electrons. The number of carbonyl (C=O) groups is 3. The van der Waals surface area contributed by atoms with Gasteiger partial charge in [-0.05, 0) is 78.5 Å². The number of phenolic OH excluding ortho intramolecular Hbond substituents is 1.